The molecule has 0 spiro atoms. The highest BCUT2D eigenvalue weighted by atomic mass is 35.5. The van der Waals surface area contributed by atoms with E-state index in [0.717, 1.165) is 11.3 Å². The first-order chi connectivity index (χ1) is 13.4. The van der Waals surface area contributed by atoms with Crippen LogP contribution in [0.4, 0.5) is 5.69 Å². The zero-order chi connectivity index (χ0) is 20.3. The summed E-state index contributed by atoms with van der Waals surface area (Å²) in [5.74, 6) is 2.27. The van der Waals surface area contributed by atoms with Gasteiger partial charge in [-0.3, -0.25) is 4.79 Å². The predicted octanol–water partition coefficient (Wildman–Crippen LogP) is 3.78. The summed E-state index contributed by atoms with van der Waals surface area (Å²) in [6.07, 6.45) is 1.60. The van der Waals surface area contributed by atoms with Crippen molar-refractivity contribution >= 4 is 35.0 Å². The SMILES string of the molecule is COc1cc(OC)c(NC(=O)CSc2nnc(-c3ccoc3C)n2C)cc1Cl. The van der Waals surface area contributed by atoms with Crippen molar-refractivity contribution in [2.75, 3.05) is 25.3 Å². The molecule has 148 valence electrons. The minimum Gasteiger partial charge on any atom is -0.495 e. The second kappa shape index (κ2) is 8.57. The standard InChI is InChI=1S/C18H19ClN4O4S/c1-10-11(5-6-27-10)17-21-22-18(23(17)2)28-9-16(24)20-13-7-12(19)14(25-3)8-15(13)26-4/h5-8H,9H2,1-4H3,(H,20,24). The zero-order valence-electron chi connectivity index (χ0n) is 15.8. The topological polar surface area (TPSA) is 91.4 Å². The number of rotatable bonds is 7. The molecule has 0 aliphatic carbocycles. The molecule has 0 fully saturated rings. The first kappa shape index (κ1) is 20.1. The van der Waals surface area contributed by atoms with Gasteiger partial charge in [0.1, 0.15) is 17.3 Å². The number of amides is 1. The van der Waals surface area contributed by atoms with E-state index in [4.69, 9.17) is 25.5 Å². The second-order valence-corrected chi connectivity index (χ2v) is 7.13. The van der Waals surface area contributed by atoms with Gasteiger partial charge in [0.25, 0.3) is 0 Å². The Morgan fingerprint density at radius 1 is 1.29 bits per heavy atom. The molecule has 10 heteroatoms. The van der Waals surface area contributed by atoms with Gasteiger partial charge in [-0.05, 0) is 19.1 Å². The Morgan fingerprint density at radius 3 is 2.68 bits per heavy atom. The van der Waals surface area contributed by atoms with Crippen LogP contribution in [-0.2, 0) is 11.8 Å². The van der Waals surface area contributed by atoms with E-state index in [9.17, 15) is 4.79 Å². The lowest BCUT2D eigenvalue weighted by Gasteiger charge is -2.13. The molecule has 0 unspecified atom stereocenters. The van der Waals surface area contributed by atoms with Crippen molar-refractivity contribution in [2.45, 2.75) is 12.1 Å². The number of aromatic nitrogens is 3. The van der Waals surface area contributed by atoms with Crippen molar-refractivity contribution in [3.8, 4) is 22.9 Å². The van der Waals surface area contributed by atoms with Crippen LogP contribution in [-0.4, -0.2) is 40.6 Å². The molecule has 0 aliphatic heterocycles. The van der Waals surface area contributed by atoms with Crippen molar-refractivity contribution in [3.63, 3.8) is 0 Å². The van der Waals surface area contributed by atoms with E-state index in [1.807, 2.05) is 24.6 Å². The minimum absolute atomic E-state index is 0.142. The smallest absolute Gasteiger partial charge is 0.234 e. The average molecular weight is 423 g/mol. The summed E-state index contributed by atoms with van der Waals surface area (Å²) in [7, 11) is 4.86. The molecular formula is C18H19ClN4O4S. The van der Waals surface area contributed by atoms with Gasteiger partial charge in [0, 0.05) is 13.1 Å². The van der Waals surface area contributed by atoms with E-state index in [1.165, 1.54) is 26.0 Å². The molecule has 1 N–H and O–H groups in total. The van der Waals surface area contributed by atoms with Crippen molar-refractivity contribution in [1.82, 2.24) is 14.8 Å². The summed E-state index contributed by atoms with van der Waals surface area (Å²) < 4.78 is 17.6. The maximum atomic E-state index is 12.4. The van der Waals surface area contributed by atoms with Crippen LogP contribution in [0.2, 0.25) is 5.02 Å². The van der Waals surface area contributed by atoms with Gasteiger partial charge < -0.3 is 23.8 Å². The Labute approximate surface area is 171 Å². The molecule has 0 aliphatic rings. The monoisotopic (exact) mass is 422 g/mol. The third kappa shape index (κ3) is 4.10. The van der Waals surface area contributed by atoms with Crippen molar-refractivity contribution in [1.29, 1.82) is 0 Å². The Morgan fingerprint density at radius 2 is 2.04 bits per heavy atom. The fourth-order valence-electron chi connectivity index (χ4n) is 2.57. The van der Waals surface area contributed by atoms with Crippen molar-refractivity contribution < 1.29 is 18.7 Å². The molecule has 0 saturated heterocycles. The number of hydrogen-bond donors (Lipinski definition) is 1. The van der Waals surface area contributed by atoms with Gasteiger partial charge in [-0.15, -0.1) is 10.2 Å². The highest BCUT2D eigenvalue weighted by molar-refractivity contribution is 7.99. The summed E-state index contributed by atoms with van der Waals surface area (Å²) in [5.41, 5.74) is 1.33. The summed E-state index contributed by atoms with van der Waals surface area (Å²) in [6, 6.07) is 5.04. The van der Waals surface area contributed by atoms with Crippen LogP contribution in [0.15, 0.2) is 34.0 Å². The maximum Gasteiger partial charge on any atom is 0.234 e. The van der Waals surface area contributed by atoms with E-state index >= 15 is 0 Å². The molecule has 3 rings (SSSR count). The van der Waals surface area contributed by atoms with Gasteiger partial charge in [0.2, 0.25) is 5.91 Å². The van der Waals surface area contributed by atoms with Crippen LogP contribution in [0.1, 0.15) is 5.76 Å². The fourth-order valence-corrected chi connectivity index (χ4v) is 3.52. The van der Waals surface area contributed by atoms with Crippen LogP contribution >= 0.6 is 23.4 Å². The maximum absolute atomic E-state index is 12.4. The summed E-state index contributed by atoms with van der Waals surface area (Å²) in [5, 5.41) is 12.1. The Hall–Kier alpha value is -2.65. The highest BCUT2D eigenvalue weighted by Gasteiger charge is 2.17. The zero-order valence-corrected chi connectivity index (χ0v) is 17.3. The lowest BCUT2D eigenvalue weighted by atomic mass is 10.2. The number of carbonyl (C=O) groups excluding carboxylic acids is 1. The Balaban J connectivity index is 1.68. The average Bonchev–Trinajstić information content (AvgIpc) is 3.25. The number of methoxy groups -OCH3 is 2. The molecule has 1 aromatic carbocycles. The van der Waals surface area contributed by atoms with Gasteiger partial charge in [-0.2, -0.15) is 0 Å². The number of hydrogen-bond acceptors (Lipinski definition) is 7. The number of furan rings is 1. The van der Waals surface area contributed by atoms with Crippen LogP contribution in [0.3, 0.4) is 0 Å². The number of ether oxygens (including phenoxy) is 2. The summed E-state index contributed by atoms with van der Waals surface area (Å²) in [6.45, 7) is 1.86. The van der Waals surface area contributed by atoms with Gasteiger partial charge >= 0.3 is 0 Å². The molecule has 0 bridgehead atoms. The third-order valence-corrected chi connectivity index (χ3v) is 5.33. The molecule has 0 saturated carbocycles. The van der Waals surface area contributed by atoms with Gasteiger partial charge in [-0.25, -0.2) is 0 Å². The first-order valence-electron chi connectivity index (χ1n) is 8.22. The number of aryl methyl sites for hydroxylation is 1. The van der Waals surface area contributed by atoms with Crippen LogP contribution in [0.25, 0.3) is 11.4 Å². The fraction of sp³-hybridized carbons (Fsp3) is 0.278. The van der Waals surface area contributed by atoms with Gasteiger partial charge in [-0.1, -0.05) is 23.4 Å². The van der Waals surface area contributed by atoms with E-state index < -0.39 is 0 Å². The van der Waals surface area contributed by atoms with Crippen LogP contribution < -0.4 is 14.8 Å². The number of halogens is 1. The molecule has 0 radical (unpaired) electrons. The first-order valence-corrected chi connectivity index (χ1v) is 9.59. The van der Waals surface area contributed by atoms with Crippen LogP contribution in [0.5, 0.6) is 11.5 Å². The lowest BCUT2D eigenvalue weighted by Crippen LogP contribution is -2.15. The van der Waals surface area contributed by atoms with E-state index in [1.54, 1.807) is 18.4 Å². The molecule has 8 nitrogen and oxygen atoms in total. The normalized spacial score (nSPS) is 10.8. The largest absolute Gasteiger partial charge is 0.495 e. The third-order valence-electron chi connectivity index (χ3n) is 4.02. The Kier molecular flexibility index (Phi) is 6.15. The summed E-state index contributed by atoms with van der Waals surface area (Å²) >= 11 is 7.41. The summed E-state index contributed by atoms with van der Waals surface area (Å²) in [4.78, 5) is 12.4. The number of nitrogens with zero attached hydrogens (tertiary/aromatic N) is 3. The van der Waals surface area contributed by atoms with E-state index in [-0.39, 0.29) is 11.7 Å². The number of thioether (sulfide) groups is 1. The van der Waals surface area contributed by atoms with Crippen LogP contribution in [0, 0.1) is 6.92 Å². The van der Waals surface area contributed by atoms with Gasteiger partial charge in [0.05, 0.1) is 42.5 Å². The molecule has 2 aromatic heterocycles. The molecule has 28 heavy (non-hydrogen) atoms. The highest BCUT2D eigenvalue weighted by Crippen LogP contribution is 2.36. The number of nitrogens with one attached hydrogen (secondary N) is 1. The van der Waals surface area contributed by atoms with E-state index in [0.29, 0.717) is 33.2 Å². The van der Waals surface area contributed by atoms with Crippen molar-refractivity contribution in [2.24, 2.45) is 7.05 Å². The molecule has 1 amide bonds. The Bertz CT molecular complexity index is 1000. The molecule has 0 atom stereocenters. The minimum atomic E-state index is -0.228. The second-order valence-electron chi connectivity index (χ2n) is 5.78. The number of carbonyl (C=O) groups is 1. The molecular weight excluding hydrogens is 404 g/mol. The molecule has 3 aromatic rings. The lowest BCUT2D eigenvalue weighted by molar-refractivity contribution is -0.113. The van der Waals surface area contributed by atoms with E-state index in [2.05, 4.69) is 15.5 Å². The quantitative estimate of drug-likeness (QED) is 0.579. The molecule has 2 heterocycles. The van der Waals surface area contributed by atoms with Crippen molar-refractivity contribution in [3.05, 3.63) is 35.2 Å². The number of anilines is 1. The number of benzene rings is 1. The predicted molar refractivity (Wildman–Crippen MR) is 107 cm³/mol. The van der Waals surface area contributed by atoms with Gasteiger partial charge in [0.15, 0.2) is 11.0 Å².